The molecule has 0 radical (unpaired) electrons. The first kappa shape index (κ1) is 15.2. The molecule has 1 aliphatic carbocycles. The molecule has 16 heavy (non-hydrogen) atoms. The molecule has 0 aromatic rings. The van der Waals surface area contributed by atoms with Crippen LogP contribution in [0, 0.1) is 0 Å². The largest absolute Gasteiger partial charge is 0.498 e. The Labute approximate surface area is 100 Å². The maximum Gasteiger partial charge on any atom is 0.128 e. The maximum absolute atomic E-state index is 5.47. The monoisotopic (exact) mass is 226 g/mol. The molecule has 2 heteroatoms. The molecule has 0 aromatic heterocycles. The molecule has 0 saturated carbocycles. The highest BCUT2D eigenvalue weighted by atomic mass is 16.5. The van der Waals surface area contributed by atoms with Gasteiger partial charge in [-0.15, -0.1) is 0 Å². The third-order valence-corrected chi connectivity index (χ3v) is 2.80. The number of ether oxygens (including phenoxy) is 2. The summed E-state index contributed by atoms with van der Waals surface area (Å²) in [5.74, 6) is 0.936. The number of allylic oxidation sites excluding steroid dienone is 2. The van der Waals surface area contributed by atoms with Crippen LogP contribution in [0.4, 0.5) is 0 Å². The van der Waals surface area contributed by atoms with E-state index in [0.29, 0.717) is 0 Å². The third kappa shape index (κ3) is 3.67. The Kier molecular flexibility index (Phi) is 7.15. The molecular formula is C14H26O2. The first-order valence-electron chi connectivity index (χ1n) is 6.16. The molecule has 0 aromatic carbocycles. The van der Waals surface area contributed by atoms with Gasteiger partial charge in [0.2, 0.25) is 0 Å². The summed E-state index contributed by atoms with van der Waals surface area (Å²) < 4.78 is 10.8. The molecule has 0 bridgehead atoms. The lowest BCUT2D eigenvalue weighted by molar-refractivity contribution is -0.00429. The molecule has 1 unspecified atom stereocenters. The number of hydrogen-bond acceptors (Lipinski definition) is 2. The van der Waals surface area contributed by atoms with Crippen LogP contribution >= 0.6 is 0 Å². The van der Waals surface area contributed by atoms with Crippen molar-refractivity contribution in [2.75, 3.05) is 14.2 Å². The van der Waals surface area contributed by atoms with E-state index < -0.39 is 0 Å². The summed E-state index contributed by atoms with van der Waals surface area (Å²) in [5.41, 5.74) is 1.09. The fraction of sp³-hybridized carbons (Fsp3) is 0.714. The highest BCUT2D eigenvalue weighted by Crippen LogP contribution is 2.32. The van der Waals surface area contributed by atoms with Gasteiger partial charge in [0, 0.05) is 13.5 Å². The zero-order chi connectivity index (χ0) is 12.6. The van der Waals surface area contributed by atoms with Crippen molar-refractivity contribution >= 4 is 0 Å². The molecule has 2 nitrogen and oxygen atoms in total. The molecule has 1 rings (SSSR count). The Balaban J connectivity index is 0.00000106. The van der Waals surface area contributed by atoms with Crippen LogP contribution in [0.5, 0.6) is 0 Å². The van der Waals surface area contributed by atoms with E-state index in [4.69, 9.17) is 9.47 Å². The van der Waals surface area contributed by atoms with E-state index in [1.807, 2.05) is 13.8 Å². The molecule has 0 spiro atoms. The van der Waals surface area contributed by atoms with Crippen LogP contribution in [0.2, 0.25) is 0 Å². The number of rotatable bonds is 4. The van der Waals surface area contributed by atoms with E-state index in [1.165, 1.54) is 12.0 Å². The molecular weight excluding hydrogens is 200 g/mol. The Morgan fingerprint density at radius 2 is 1.94 bits per heavy atom. The highest BCUT2D eigenvalue weighted by Gasteiger charge is 2.31. The van der Waals surface area contributed by atoms with Crippen LogP contribution in [-0.4, -0.2) is 19.8 Å². The van der Waals surface area contributed by atoms with E-state index in [2.05, 4.69) is 26.0 Å². The van der Waals surface area contributed by atoms with E-state index in [0.717, 1.165) is 18.6 Å². The van der Waals surface area contributed by atoms with Crippen molar-refractivity contribution in [1.29, 1.82) is 0 Å². The van der Waals surface area contributed by atoms with E-state index >= 15 is 0 Å². The summed E-state index contributed by atoms with van der Waals surface area (Å²) in [7, 11) is 3.43. The lowest BCUT2D eigenvalue weighted by Gasteiger charge is -2.31. The van der Waals surface area contributed by atoms with Gasteiger partial charge in [-0.3, -0.25) is 0 Å². The van der Waals surface area contributed by atoms with Crippen LogP contribution in [0.3, 0.4) is 0 Å². The average Bonchev–Trinajstić information content (AvgIpc) is 2.34. The van der Waals surface area contributed by atoms with Crippen molar-refractivity contribution in [3.8, 4) is 0 Å². The smallest absolute Gasteiger partial charge is 0.128 e. The molecule has 0 saturated heterocycles. The zero-order valence-corrected chi connectivity index (χ0v) is 11.6. The summed E-state index contributed by atoms with van der Waals surface area (Å²) in [6.45, 7) is 8.24. The number of methoxy groups -OCH3 is 2. The fourth-order valence-corrected chi connectivity index (χ4v) is 1.73. The van der Waals surface area contributed by atoms with Gasteiger partial charge in [-0.05, 0) is 25.0 Å². The van der Waals surface area contributed by atoms with Gasteiger partial charge in [0.05, 0.1) is 7.11 Å². The normalized spacial score (nSPS) is 23.9. The summed E-state index contributed by atoms with van der Waals surface area (Å²) in [6, 6.07) is 0. The Bertz CT molecular complexity index is 253. The van der Waals surface area contributed by atoms with Crippen LogP contribution in [0.15, 0.2) is 23.5 Å². The molecule has 0 N–H and O–H groups in total. The fourth-order valence-electron chi connectivity index (χ4n) is 1.73. The van der Waals surface area contributed by atoms with Gasteiger partial charge in [-0.25, -0.2) is 0 Å². The minimum absolute atomic E-state index is 0.272. The average molecular weight is 226 g/mol. The van der Waals surface area contributed by atoms with Gasteiger partial charge >= 0.3 is 0 Å². The van der Waals surface area contributed by atoms with Gasteiger partial charge < -0.3 is 9.47 Å². The highest BCUT2D eigenvalue weighted by molar-refractivity contribution is 5.31. The quantitative estimate of drug-likeness (QED) is 0.719. The minimum atomic E-state index is -0.272. The first-order valence-corrected chi connectivity index (χ1v) is 6.16. The molecule has 1 aliphatic rings. The van der Waals surface area contributed by atoms with Crippen molar-refractivity contribution in [1.82, 2.24) is 0 Å². The predicted molar refractivity (Wildman–Crippen MR) is 69.5 cm³/mol. The van der Waals surface area contributed by atoms with Crippen molar-refractivity contribution in [3.63, 3.8) is 0 Å². The van der Waals surface area contributed by atoms with Gasteiger partial charge in [-0.1, -0.05) is 33.3 Å². The summed E-state index contributed by atoms with van der Waals surface area (Å²) >= 11 is 0. The zero-order valence-electron chi connectivity index (χ0n) is 11.6. The minimum Gasteiger partial charge on any atom is -0.498 e. The van der Waals surface area contributed by atoms with Crippen molar-refractivity contribution in [3.05, 3.63) is 23.5 Å². The molecule has 0 fully saturated rings. The van der Waals surface area contributed by atoms with Gasteiger partial charge in [0.25, 0.3) is 0 Å². The molecule has 94 valence electrons. The molecule has 0 aliphatic heterocycles. The summed E-state index contributed by atoms with van der Waals surface area (Å²) in [4.78, 5) is 0. The SMILES string of the molecule is CC.CCCC1=CCC(C)(OC)C(OC)=C1. The van der Waals surface area contributed by atoms with E-state index in [1.54, 1.807) is 14.2 Å². The summed E-state index contributed by atoms with van der Waals surface area (Å²) in [5, 5.41) is 0. The Morgan fingerprint density at radius 3 is 2.38 bits per heavy atom. The molecule has 0 heterocycles. The van der Waals surface area contributed by atoms with E-state index in [9.17, 15) is 0 Å². The Hall–Kier alpha value is -0.760. The predicted octanol–water partition coefficient (Wildman–Crippen LogP) is 4.08. The van der Waals surface area contributed by atoms with Crippen LogP contribution in [0.25, 0.3) is 0 Å². The van der Waals surface area contributed by atoms with Crippen LogP contribution in [0.1, 0.15) is 47.0 Å². The molecule has 0 amide bonds. The lowest BCUT2D eigenvalue weighted by atomic mass is 9.90. The number of hydrogen-bond donors (Lipinski definition) is 0. The second-order valence-electron chi connectivity index (χ2n) is 3.88. The standard InChI is InChI=1S/C12H20O2.C2H6/c1-5-6-10-7-8-12(2,14-4)11(9-10)13-3;1-2/h7,9H,5-6,8H2,1-4H3;1-2H3. The maximum atomic E-state index is 5.47. The van der Waals surface area contributed by atoms with Crippen LogP contribution < -0.4 is 0 Å². The van der Waals surface area contributed by atoms with Gasteiger partial charge in [-0.2, -0.15) is 0 Å². The van der Waals surface area contributed by atoms with Gasteiger partial charge in [0.1, 0.15) is 11.4 Å². The van der Waals surface area contributed by atoms with Crippen molar-refractivity contribution < 1.29 is 9.47 Å². The van der Waals surface area contributed by atoms with Crippen LogP contribution in [-0.2, 0) is 9.47 Å². The van der Waals surface area contributed by atoms with E-state index in [-0.39, 0.29) is 5.60 Å². The van der Waals surface area contributed by atoms with Gasteiger partial charge in [0.15, 0.2) is 0 Å². The third-order valence-electron chi connectivity index (χ3n) is 2.80. The summed E-state index contributed by atoms with van der Waals surface area (Å²) in [6.07, 6.45) is 7.54. The molecule has 1 atom stereocenters. The second kappa shape index (κ2) is 7.50. The first-order chi connectivity index (χ1) is 7.66. The second-order valence-corrected chi connectivity index (χ2v) is 3.88. The van der Waals surface area contributed by atoms with Crippen molar-refractivity contribution in [2.24, 2.45) is 0 Å². The van der Waals surface area contributed by atoms with Crippen molar-refractivity contribution in [2.45, 2.75) is 52.6 Å². The Morgan fingerprint density at radius 1 is 1.31 bits per heavy atom. The topological polar surface area (TPSA) is 18.5 Å². The lowest BCUT2D eigenvalue weighted by Crippen LogP contribution is -2.32.